The number of nitrogens with zero attached hydrogens (tertiary/aromatic N) is 3. The van der Waals surface area contributed by atoms with Gasteiger partial charge in [-0.3, -0.25) is 4.79 Å². The topological polar surface area (TPSA) is 81.0 Å². The molecule has 0 aliphatic carbocycles. The van der Waals surface area contributed by atoms with Crippen LogP contribution in [0.15, 0.2) is 76.6 Å². The first-order valence-electron chi connectivity index (χ1n) is 11.8. The molecule has 186 valence electrons. The molecule has 1 amide bonds. The third-order valence-electron chi connectivity index (χ3n) is 6.36. The van der Waals surface area contributed by atoms with Gasteiger partial charge in [0.2, 0.25) is 10.0 Å². The summed E-state index contributed by atoms with van der Waals surface area (Å²) in [5.41, 5.74) is 3.47. The molecule has 1 aliphatic rings. The van der Waals surface area contributed by atoms with Gasteiger partial charge in [0.05, 0.1) is 16.7 Å². The third kappa shape index (κ3) is 4.50. The summed E-state index contributed by atoms with van der Waals surface area (Å²) in [7, 11) is -2.04. The second-order valence-corrected chi connectivity index (χ2v) is 11.6. The van der Waals surface area contributed by atoms with E-state index < -0.39 is 15.9 Å². The number of rotatable bonds is 6. The number of sulfonamides is 1. The summed E-state index contributed by atoms with van der Waals surface area (Å²) < 4.78 is 36.5. The van der Waals surface area contributed by atoms with Gasteiger partial charge >= 0.3 is 0 Å². The van der Waals surface area contributed by atoms with E-state index in [9.17, 15) is 13.2 Å². The maximum absolute atomic E-state index is 13.2. The van der Waals surface area contributed by atoms with Gasteiger partial charge in [-0.1, -0.05) is 48.6 Å². The number of aryl methyl sites for hydroxylation is 1. The predicted molar refractivity (Wildman–Crippen MR) is 141 cm³/mol. The Morgan fingerprint density at radius 1 is 1.03 bits per heavy atom. The number of hydrogen-bond acceptors (Lipinski definition) is 5. The summed E-state index contributed by atoms with van der Waals surface area (Å²) in [6, 6.07) is 19.8. The first kappa shape index (κ1) is 24.4. The van der Waals surface area contributed by atoms with Crippen LogP contribution in [0.3, 0.4) is 0 Å². The minimum Gasteiger partial charge on any atom is -0.495 e. The number of thiazole rings is 1. The number of aromatic nitrogens is 1. The lowest BCUT2D eigenvalue weighted by molar-refractivity contribution is 0.0997. The molecule has 1 aliphatic heterocycles. The van der Waals surface area contributed by atoms with Crippen LogP contribution in [0.5, 0.6) is 5.75 Å². The molecule has 0 atom stereocenters. The number of fused-ring (bicyclic) bond motifs is 2. The molecule has 0 bridgehead atoms. The third-order valence-corrected chi connectivity index (χ3v) is 9.27. The van der Waals surface area contributed by atoms with Gasteiger partial charge in [-0.25, -0.2) is 8.42 Å². The Morgan fingerprint density at radius 3 is 2.50 bits per heavy atom. The number of para-hydroxylation sites is 1. The van der Waals surface area contributed by atoms with Crippen molar-refractivity contribution in [1.82, 2.24) is 8.87 Å². The maximum Gasteiger partial charge on any atom is 0.279 e. The normalized spacial score (nSPS) is 14.7. The van der Waals surface area contributed by atoms with E-state index in [-0.39, 0.29) is 4.90 Å². The monoisotopic (exact) mass is 521 g/mol. The summed E-state index contributed by atoms with van der Waals surface area (Å²) in [6.07, 6.45) is 1.56. The minimum atomic E-state index is -3.67. The molecule has 0 N–H and O–H groups in total. The molecular formula is C27H27N3O4S2. The van der Waals surface area contributed by atoms with Gasteiger partial charge in [-0.2, -0.15) is 9.30 Å². The molecule has 0 radical (unpaired) electrons. The summed E-state index contributed by atoms with van der Waals surface area (Å²) in [4.78, 5) is 18.2. The van der Waals surface area contributed by atoms with Crippen LogP contribution in [-0.4, -0.2) is 36.9 Å². The number of methoxy groups -OCH3 is 1. The number of carbonyl (C=O) groups excluding carboxylic acids is 1. The fourth-order valence-corrected chi connectivity index (χ4v) is 7.01. The Labute approximate surface area is 214 Å². The molecule has 0 fully saturated rings. The van der Waals surface area contributed by atoms with E-state index in [0.717, 1.165) is 28.0 Å². The molecule has 0 unspecified atom stereocenters. The zero-order chi connectivity index (χ0) is 25.3. The molecule has 36 heavy (non-hydrogen) atoms. The van der Waals surface area contributed by atoms with E-state index in [1.54, 1.807) is 7.11 Å². The van der Waals surface area contributed by atoms with Crippen molar-refractivity contribution in [2.45, 2.75) is 37.8 Å². The largest absolute Gasteiger partial charge is 0.495 e. The van der Waals surface area contributed by atoms with Crippen LogP contribution in [0.25, 0.3) is 10.2 Å². The van der Waals surface area contributed by atoms with E-state index >= 15 is 0 Å². The minimum absolute atomic E-state index is 0.172. The van der Waals surface area contributed by atoms with Gasteiger partial charge in [0.15, 0.2) is 4.80 Å². The van der Waals surface area contributed by atoms with Crippen molar-refractivity contribution < 1.29 is 17.9 Å². The molecule has 9 heteroatoms. The fraction of sp³-hybridized carbons (Fsp3) is 0.259. The lowest BCUT2D eigenvalue weighted by atomic mass is 10.0. The molecule has 0 saturated carbocycles. The standard InChI is InChI=1S/C27H27N3O4S2/c1-3-16-30-25-23(34-2)9-6-10-24(25)35-27(30)28-26(31)20-11-13-22(14-12-20)36(32,33)29-17-15-19-7-4-5-8-21(19)18-29/h4-14H,3,15-18H2,1-2H3. The van der Waals surface area contributed by atoms with Crippen molar-refractivity contribution in [3.05, 3.63) is 88.2 Å². The van der Waals surface area contributed by atoms with Gasteiger partial charge in [-0.05, 0) is 60.4 Å². The first-order chi connectivity index (χ1) is 17.4. The lowest BCUT2D eigenvalue weighted by Crippen LogP contribution is -2.35. The number of carbonyl (C=O) groups is 1. The summed E-state index contributed by atoms with van der Waals surface area (Å²) in [5, 5.41) is 0. The van der Waals surface area contributed by atoms with Gasteiger partial charge in [0, 0.05) is 25.2 Å². The molecule has 2 heterocycles. The van der Waals surface area contributed by atoms with Gasteiger partial charge in [0.1, 0.15) is 11.3 Å². The van der Waals surface area contributed by atoms with Gasteiger partial charge in [-0.15, -0.1) is 0 Å². The van der Waals surface area contributed by atoms with Crippen LogP contribution in [0, 0.1) is 0 Å². The Hall–Kier alpha value is -3.27. The maximum atomic E-state index is 13.2. The molecule has 3 aromatic carbocycles. The molecule has 1 aromatic heterocycles. The van der Waals surface area contributed by atoms with E-state index in [1.165, 1.54) is 45.5 Å². The number of amides is 1. The SMILES string of the molecule is CCCn1c(=NC(=O)c2ccc(S(=O)(=O)N3CCc4ccccc4C3)cc2)sc2cccc(OC)c21. The van der Waals surface area contributed by atoms with E-state index in [4.69, 9.17) is 4.74 Å². The molecule has 4 aromatic rings. The van der Waals surface area contributed by atoms with E-state index in [0.29, 0.717) is 36.4 Å². The Bertz CT molecular complexity index is 1600. The van der Waals surface area contributed by atoms with Crippen LogP contribution in [0.1, 0.15) is 34.8 Å². The zero-order valence-electron chi connectivity index (χ0n) is 20.2. The Balaban J connectivity index is 1.43. The van der Waals surface area contributed by atoms with Crippen molar-refractivity contribution in [2.75, 3.05) is 13.7 Å². The highest BCUT2D eigenvalue weighted by Crippen LogP contribution is 2.28. The average molecular weight is 522 g/mol. The molecule has 7 nitrogen and oxygen atoms in total. The highest BCUT2D eigenvalue weighted by atomic mass is 32.2. The van der Waals surface area contributed by atoms with Gasteiger partial charge in [0.25, 0.3) is 5.91 Å². The van der Waals surface area contributed by atoms with Crippen molar-refractivity contribution in [1.29, 1.82) is 0 Å². The Morgan fingerprint density at radius 2 is 1.78 bits per heavy atom. The van der Waals surface area contributed by atoms with Crippen LogP contribution >= 0.6 is 11.3 Å². The summed E-state index contributed by atoms with van der Waals surface area (Å²) >= 11 is 1.43. The van der Waals surface area contributed by atoms with E-state index in [2.05, 4.69) is 11.9 Å². The predicted octanol–water partition coefficient (Wildman–Crippen LogP) is 4.61. The van der Waals surface area contributed by atoms with Crippen molar-refractivity contribution in [3.63, 3.8) is 0 Å². The smallest absolute Gasteiger partial charge is 0.279 e. The Kier molecular flexibility index (Phi) is 6.79. The highest BCUT2D eigenvalue weighted by Gasteiger charge is 2.28. The van der Waals surface area contributed by atoms with Crippen LogP contribution in [0.4, 0.5) is 0 Å². The first-order valence-corrected chi connectivity index (χ1v) is 14.1. The van der Waals surface area contributed by atoms with Crippen LogP contribution < -0.4 is 9.54 Å². The van der Waals surface area contributed by atoms with Crippen LogP contribution in [0.2, 0.25) is 0 Å². The summed E-state index contributed by atoms with van der Waals surface area (Å²) in [6.45, 7) is 3.55. The molecule has 0 saturated heterocycles. The van der Waals surface area contributed by atoms with E-state index in [1.807, 2.05) is 47.0 Å². The number of hydrogen-bond donors (Lipinski definition) is 0. The summed E-state index contributed by atoms with van der Waals surface area (Å²) in [5.74, 6) is 0.321. The lowest BCUT2D eigenvalue weighted by Gasteiger charge is -2.28. The number of benzene rings is 3. The average Bonchev–Trinajstić information content (AvgIpc) is 3.25. The van der Waals surface area contributed by atoms with Crippen LogP contribution in [-0.2, 0) is 29.5 Å². The number of ether oxygens (including phenoxy) is 1. The highest BCUT2D eigenvalue weighted by molar-refractivity contribution is 7.89. The molecular weight excluding hydrogens is 494 g/mol. The molecule has 0 spiro atoms. The second kappa shape index (κ2) is 10.0. The van der Waals surface area contributed by atoms with Crippen molar-refractivity contribution in [3.8, 4) is 5.75 Å². The second-order valence-electron chi connectivity index (χ2n) is 8.64. The fourth-order valence-electron chi connectivity index (χ4n) is 4.52. The quantitative estimate of drug-likeness (QED) is 0.371. The molecule has 5 rings (SSSR count). The van der Waals surface area contributed by atoms with Gasteiger partial charge < -0.3 is 9.30 Å². The zero-order valence-corrected chi connectivity index (χ0v) is 21.8. The van der Waals surface area contributed by atoms with Crippen molar-refractivity contribution in [2.24, 2.45) is 4.99 Å². The van der Waals surface area contributed by atoms with Crippen molar-refractivity contribution >= 4 is 37.5 Å².